The molecule has 0 heterocycles. The average Bonchev–Trinajstić information content (AvgIpc) is 2.34. The van der Waals surface area contributed by atoms with Gasteiger partial charge in [0.2, 0.25) is 0 Å². The molecule has 1 rings (SSSR count). The molecule has 0 amide bonds. The van der Waals surface area contributed by atoms with E-state index in [4.69, 9.17) is 0 Å². The van der Waals surface area contributed by atoms with E-state index in [0.29, 0.717) is 12.8 Å². The van der Waals surface area contributed by atoms with E-state index in [1.54, 1.807) is 12.1 Å². The Labute approximate surface area is 109 Å². The summed E-state index contributed by atoms with van der Waals surface area (Å²) in [5, 5.41) is 0. The van der Waals surface area contributed by atoms with Crippen molar-refractivity contribution in [1.29, 1.82) is 0 Å². The van der Waals surface area contributed by atoms with E-state index in [-0.39, 0.29) is 11.3 Å². The summed E-state index contributed by atoms with van der Waals surface area (Å²) < 4.78 is 13.8. The smallest absolute Gasteiger partial charge is 0.185 e. The van der Waals surface area contributed by atoms with Crippen LogP contribution in [0.4, 0.5) is 4.39 Å². The summed E-state index contributed by atoms with van der Waals surface area (Å²) in [4.78, 5) is 14.6. The summed E-state index contributed by atoms with van der Waals surface area (Å²) in [5.41, 5.74) is 0.487. The van der Waals surface area contributed by atoms with Crippen molar-refractivity contribution in [2.45, 2.75) is 39.2 Å². The molecule has 0 bridgehead atoms. The lowest BCUT2D eigenvalue weighted by Gasteiger charge is -2.37. The van der Waals surface area contributed by atoms with E-state index in [1.165, 1.54) is 6.07 Å². The average molecular weight is 251 g/mol. The van der Waals surface area contributed by atoms with Crippen molar-refractivity contribution in [1.82, 2.24) is 4.90 Å². The highest BCUT2D eigenvalue weighted by atomic mass is 19.1. The van der Waals surface area contributed by atoms with Crippen LogP contribution in [0.25, 0.3) is 0 Å². The van der Waals surface area contributed by atoms with E-state index in [1.807, 2.05) is 39.8 Å². The van der Waals surface area contributed by atoms with Gasteiger partial charge >= 0.3 is 0 Å². The van der Waals surface area contributed by atoms with Crippen molar-refractivity contribution in [2.24, 2.45) is 0 Å². The molecule has 0 aliphatic carbocycles. The number of Topliss-reactive ketones (excluding diaryl/α,β-unsaturated/α-hetero) is 1. The van der Waals surface area contributed by atoms with Gasteiger partial charge in [0, 0.05) is 0 Å². The number of carbonyl (C=O) groups excluding carboxylic acids is 1. The number of ketones is 1. The summed E-state index contributed by atoms with van der Waals surface area (Å²) in [6, 6.07) is 4.69. The number of carbonyl (C=O) groups is 1. The summed E-state index contributed by atoms with van der Waals surface area (Å²) in [7, 11) is 3.75. The Morgan fingerprint density at radius 3 is 2.28 bits per heavy atom. The molecule has 0 saturated heterocycles. The lowest BCUT2D eigenvalue weighted by molar-refractivity contribution is 0.0651. The van der Waals surface area contributed by atoms with Crippen LogP contribution in [0, 0.1) is 12.7 Å². The van der Waals surface area contributed by atoms with Gasteiger partial charge in [-0.2, -0.15) is 0 Å². The third-order valence-corrected chi connectivity index (χ3v) is 3.81. The van der Waals surface area contributed by atoms with Crippen molar-refractivity contribution in [3.8, 4) is 0 Å². The van der Waals surface area contributed by atoms with Gasteiger partial charge in [0.25, 0.3) is 0 Å². The zero-order valence-electron chi connectivity index (χ0n) is 11.9. The van der Waals surface area contributed by atoms with Crippen molar-refractivity contribution in [3.05, 3.63) is 35.1 Å². The molecule has 3 heteroatoms. The predicted molar refractivity (Wildman–Crippen MR) is 72.5 cm³/mol. The molecule has 0 spiro atoms. The number of likely N-dealkylation sites (N-methyl/N-ethyl adjacent to an activating group) is 1. The standard InChI is InChI=1S/C15H22FNO/c1-6-15(7-2,17(4)5)14(18)12-10-11(3)8-9-13(12)16/h8-10H,6-7H2,1-5H3. The van der Waals surface area contributed by atoms with Crippen molar-refractivity contribution < 1.29 is 9.18 Å². The minimum Gasteiger partial charge on any atom is -0.297 e. The summed E-state index contributed by atoms with van der Waals surface area (Å²) in [6.45, 7) is 5.80. The summed E-state index contributed by atoms with van der Waals surface area (Å²) >= 11 is 0. The van der Waals surface area contributed by atoms with Crippen LogP contribution in [-0.2, 0) is 0 Å². The molecule has 0 unspecified atom stereocenters. The molecule has 0 saturated carbocycles. The quantitative estimate of drug-likeness (QED) is 0.747. The molecule has 0 aliphatic rings. The third-order valence-electron chi connectivity index (χ3n) is 3.81. The minimum atomic E-state index is -0.616. The molecule has 1 aromatic rings. The van der Waals surface area contributed by atoms with Crippen LogP contribution >= 0.6 is 0 Å². The van der Waals surface area contributed by atoms with E-state index < -0.39 is 11.4 Å². The van der Waals surface area contributed by atoms with Gasteiger partial charge < -0.3 is 0 Å². The normalized spacial score (nSPS) is 11.9. The van der Waals surface area contributed by atoms with Crippen LogP contribution in [0.3, 0.4) is 0 Å². The fourth-order valence-electron chi connectivity index (χ4n) is 2.47. The molecule has 0 atom stereocenters. The maximum atomic E-state index is 13.8. The fourth-order valence-corrected chi connectivity index (χ4v) is 2.47. The van der Waals surface area contributed by atoms with Crippen LogP contribution in [-0.4, -0.2) is 30.3 Å². The fraction of sp³-hybridized carbons (Fsp3) is 0.533. The molecule has 18 heavy (non-hydrogen) atoms. The first kappa shape index (κ1) is 14.8. The number of rotatable bonds is 5. The predicted octanol–water partition coefficient (Wildman–Crippen LogP) is 3.44. The highest BCUT2D eigenvalue weighted by Gasteiger charge is 2.38. The lowest BCUT2D eigenvalue weighted by Crippen LogP contribution is -2.50. The molecule has 2 nitrogen and oxygen atoms in total. The first-order valence-corrected chi connectivity index (χ1v) is 6.37. The van der Waals surface area contributed by atoms with Crippen molar-refractivity contribution in [2.75, 3.05) is 14.1 Å². The second-order valence-corrected chi connectivity index (χ2v) is 4.95. The van der Waals surface area contributed by atoms with Gasteiger partial charge in [0.05, 0.1) is 11.1 Å². The molecular weight excluding hydrogens is 229 g/mol. The van der Waals surface area contributed by atoms with E-state index >= 15 is 0 Å². The van der Waals surface area contributed by atoms with E-state index in [9.17, 15) is 9.18 Å². The molecule has 0 fully saturated rings. The number of benzene rings is 1. The van der Waals surface area contributed by atoms with Crippen LogP contribution in [0.1, 0.15) is 42.6 Å². The van der Waals surface area contributed by atoms with Crippen LogP contribution in [0.5, 0.6) is 0 Å². The maximum absolute atomic E-state index is 13.8. The topological polar surface area (TPSA) is 20.3 Å². The molecule has 0 N–H and O–H groups in total. The number of hydrogen-bond acceptors (Lipinski definition) is 2. The third kappa shape index (κ3) is 2.46. The monoisotopic (exact) mass is 251 g/mol. The second-order valence-electron chi connectivity index (χ2n) is 4.95. The number of nitrogens with zero attached hydrogens (tertiary/aromatic N) is 1. The Morgan fingerprint density at radius 2 is 1.83 bits per heavy atom. The zero-order valence-corrected chi connectivity index (χ0v) is 11.9. The number of halogens is 1. The van der Waals surface area contributed by atoms with Gasteiger partial charge in [-0.25, -0.2) is 4.39 Å². The van der Waals surface area contributed by atoms with Crippen LogP contribution in [0.2, 0.25) is 0 Å². The summed E-state index contributed by atoms with van der Waals surface area (Å²) in [5.74, 6) is -0.558. The Kier molecular flexibility index (Phi) is 4.63. The molecule has 0 radical (unpaired) electrons. The van der Waals surface area contributed by atoms with Crippen LogP contribution < -0.4 is 0 Å². The Morgan fingerprint density at radius 1 is 1.28 bits per heavy atom. The Bertz CT molecular complexity index is 436. The SMILES string of the molecule is CCC(CC)(C(=O)c1cc(C)ccc1F)N(C)C. The van der Waals surface area contributed by atoms with Crippen molar-refractivity contribution >= 4 is 5.78 Å². The van der Waals surface area contributed by atoms with Gasteiger partial charge in [-0.15, -0.1) is 0 Å². The van der Waals surface area contributed by atoms with Gasteiger partial charge in [-0.05, 0) is 46.0 Å². The Hall–Kier alpha value is -1.22. The lowest BCUT2D eigenvalue weighted by atomic mass is 9.82. The van der Waals surface area contributed by atoms with Gasteiger partial charge in [-0.1, -0.05) is 25.5 Å². The minimum absolute atomic E-state index is 0.126. The summed E-state index contributed by atoms with van der Waals surface area (Å²) in [6.07, 6.45) is 1.34. The maximum Gasteiger partial charge on any atom is 0.185 e. The number of hydrogen-bond donors (Lipinski definition) is 0. The molecular formula is C15H22FNO. The van der Waals surface area contributed by atoms with Crippen molar-refractivity contribution in [3.63, 3.8) is 0 Å². The van der Waals surface area contributed by atoms with Gasteiger partial charge in [0.15, 0.2) is 5.78 Å². The first-order chi connectivity index (χ1) is 8.39. The van der Waals surface area contributed by atoms with E-state index in [2.05, 4.69) is 0 Å². The van der Waals surface area contributed by atoms with Gasteiger partial charge in [-0.3, -0.25) is 9.69 Å². The van der Waals surface area contributed by atoms with Crippen LogP contribution in [0.15, 0.2) is 18.2 Å². The van der Waals surface area contributed by atoms with Gasteiger partial charge in [0.1, 0.15) is 5.82 Å². The first-order valence-electron chi connectivity index (χ1n) is 6.37. The molecule has 0 aromatic heterocycles. The largest absolute Gasteiger partial charge is 0.297 e. The second kappa shape index (κ2) is 5.61. The molecule has 100 valence electrons. The van der Waals surface area contributed by atoms with E-state index in [0.717, 1.165) is 5.56 Å². The highest BCUT2D eigenvalue weighted by Crippen LogP contribution is 2.28. The highest BCUT2D eigenvalue weighted by molar-refractivity contribution is 6.03. The number of aryl methyl sites for hydroxylation is 1. The Balaban J connectivity index is 3.30. The molecule has 1 aromatic carbocycles. The molecule has 0 aliphatic heterocycles. The zero-order chi connectivity index (χ0) is 13.9.